The predicted octanol–water partition coefficient (Wildman–Crippen LogP) is 7.88. The summed E-state index contributed by atoms with van der Waals surface area (Å²) < 4.78 is 0. The van der Waals surface area contributed by atoms with Gasteiger partial charge in [-0.3, -0.25) is 9.59 Å². The summed E-state index contributed by atoms with van der Waals surface area (Å²) in [4.78, 5) is 39.4. The fourth-order valence-electron chi connectivity index (χ4n) is 4.76. The van der Waals surface area contributed by atoms with E-state index in [1.54, 1.807) is 42.5 Å². The highest BCUT2D eigenvalue weighted by Crippen LogP contribution is 2.37. The molecule has 0 bridgehead atoms. The number of aromatic carboxylic acids is 1. The van der Waals surface area contributed by atoms with Crippen LogP contribution in [-0.4, -0.2) is 22.9 Å². The van der Waals surface area contributed by atoms with Crippen LogP contribution in [0.3, 0.4) is 0 Å². The summed E-state index contributed by atoms with van der Waals surface area (Å²) in [6.07, 6.45) is 0. The minimum absolute atomic E-state index is 0.0751. The third kappa shape index (κ3) is 6.15. The normalized spacial score (nSPS) is 11.6. The minimum atomic E-state index is -1.09. The van der Waals surface area contributed by atoms with Crippen LogP contribution >= 0.6 is 11.8 Å². The third-order valence-corrected chi connectivity index (χ3v) is 8.08. The molecule has 0 saturated heterocycles. The molecule has 0 aliphatic carbocycles. The van der Waals surface area contributed by atoms with E-state index in [-0.39, 0.29) is 17.0 Å². The molecule has 5 aromatic carbocycles. The number of rotatable bonds is 8. The first kappa shape index (κ1) is 27.7. The first-order chi connectivity index (χ1) is 19.8. The zero-order valence-corrected chi connectivity index (χ0v) is 23.4. The van der Waals surface area contributed by atoms with Crippen molar-refractivity contribution in [2.24, 2.45) is 0 Å². The fraction of sp³-hybridized carbons (Fsp3) is 0.0882. The van der Waals surface area contributed by atoms with Gasteiger partial charge < -0.3 is 15.7 Å². The van der Waals surface area contributed by atoms with Crippen molar-refractivity contribution < 1.29 is 19.5 Å². The summed E-state index contributed by atoms with van der Waals surface area (Å²) in [6, 6.07) is 32.9. The first-order valence-electron chi connectivity index (χ1n) is 13.1. The van der Waals surface area contributed by atoms with E-state index in [1.807, 2.05) is 74.5 Å². The topological polar surface area (TPSA) is 95.5 Å². The van der Waals surface area contributed by atoms with Gasteiger partial charge in [-0.2, -0.15) is 0 Å². The molecule has 0 aromatic heterocycles. The average molecular weight is 561 g/mol. The molecule has 5 rings (SSSR count). The Morgan fingerprint density at radius 2 is 1.29 bits per heavy atom. The Kier molecular flexibility index (Phi) is 8.17. The van der Waals surface area contributed by atoms with Gasteiger partial charge in [-0.25, -0.2) is 4.79 Å². The molecule has 0 aliphatic rings. The van der Waals surface area contributed by atoms with Crippen molar-refractivity contribution >= 4 is 51.7 Å². The number of nitrogens with one attached hydrogen (secondary N) is 2. The molecular weight excluding hydrogens is 532 g/mol. The van der Waals surface area contributed by atoms with Gasteiger partial charge in [0.15, 0.2) is 0 Å². The highest BCUT2D eigenvalue weighted by Gasteiger charge is 2.23. The number of aryl methyl sites for hydroxylation is 2. The van der Waals surface area contributed by atoms with E-state index >= 15 is 0 Å². The summed E-state index contributed by atoms with van der Waals surface area (Å²) in [5.74, 6) is -1.62. The number of para-hydroxylation sites is 1. The van der Waals surface area contributed by atoms with Crippen molar-refractivity contribution in [3.63, 3.8) is 0 Å². The van der Waals surface area contributed by atoms with Gasteiger partial charge in [-0.15, -0.1) is 11.8 Å². The second kappa shape index (κ2) is 12.1. The van der Waals surface area contributed by atoms with Crippen molar-refractivity contribution in [3.8, 4) is 0 Å². The number of carboxylic acid groups (broad SMARTS) is 1. The van der Waals surface area contributed by atoms with E-state index in [4.69, 9.17) is 0 Å². The van der Waals surface area contributed by atoms with Crippen LogP contribution in [0, 0.1) is 13.8 Å². The van der Waals surface area contributed by atoms with Gasteiger partial charge >= 0.3 is 5.97 Å². The summed E-state index contributed by atoms with van der Waals surface area (Å²) in [7, 11) is 0. The molecule has 0 heterocycles. The number of carbonyl (C=O) groups excluding carboxylic acids is 2. The molecule has 1 unspecified atom stereocenters. The van der Waals surface area contributed by atoms with Crippen molar-refractivity contribution in [2.45, 2.75) is 24.0 Å². The van der Waals surface area contributed by atoms with Crippen LogP contribution in [0.4, 0.5) is 11.4 Å². The molecule has 0 saturated carbocycles. The van der Waals surface area contributed by atoms with E-state index in [2.05, 4.69) is 10.6 Å². The smallest absolute Gasteiger partial charge is 0.336 e. The van der Waals surface area contributed by atoms with E-state index < -0.39 is 17.1 Å². The lowest BCUT2D eigenvalue weighted by Gasteiger charge is -2.19. The Hall–Kier alpha value is -4.88. The van der Waals surface area contributed by atoms with Crippen molar-refractivity contribution in [1.82, 2.24) is 0 Å². The highest BCUT2D eigenvalue weighted by atomic mass is 32.2. The molecule has 0 fully saturated rings. The second-order valence-electron chi connectivity index (χ2n) is 9.66. The van der Waals surface area contributed by atoms with Crippen LogP contribution in [-0.2, 0) is 4.79 Å². The molecular formula is C34H28N2O4S. The quantitative estimate of drug-likeness (QED) is 0.168. The molecule has 2 amide bonds. The third-order valence-electron chi connectivity index (χ3n) is 6.82. The van der Waals surface area contributed by atoms with Crippen molar-refractivity contribution in [1.29, 1.82) is 0 Å². The highest BCUT2D eigenvalue weighted by molar-refractivity contribution is 8.00. The van der Waals surface area contributed by atoms with Crippen LogP contribution in [0.2, 0.25) is 0 Å². The lowest BCUT2D eigenvalue weighted by molar-refractivity contribution is -0.115. The Morgan fingerprint density at radius 3 is 1.93 bits per heavy atom. The lowest BCUT2D eigenvalue weighted by atomic mass is 9.98. The van der Waals surface area contributed by atoms with Crippen molar-refractivity contribution in [2.75, 3.05) is 10.6 Å². The molecule has 0 radical (unpaired) electrons. The molecule has 3 N–H and O–H groups in total. The number of fused-ring (bicyclic) bond motifs is 1. The summed E-state index contributed by atoms with van der Waals surface area (Å²) in [5, 5.41) is 16.2. The minimum Gasteiger partial charge on any atom is -0.478 e. The Labute approximate surface area is 242 Å². The molecule has 204 valence electrons. The van der Waals surface area contributed by atoms with Gasteiger partial charge in [-0.05, 0) is 72.3 Å². The number of thioether (sulfide) groups is 1. The van der Waals surface area contributed by atoms with Crippen molar-refractivity contribution in [3.05, 3.63) is 137 Å². The van der Waals surface area contributed by atoms with Gasteiger partial charge in [-0.1, -0.05) is 72.8 Å². The van der Waals surface area contributed by atoms with Gasteiger partial charge in [0.05, 0.1) is 5.56 Å². The number of amides is 2. The number of hydrogen-bond acceptors (Lipinski definition) is 4. The first-order valence-corrected chi connectivity index (χ1v) is 13.9. The Bertz CT molecular complexity index is 1730. The Balaban J connectivity index is 1.36. The van der Waals surface area contributed by atoms with E-state index in [9.17, 15) is 19.5 Å². The van der Waals surface area contributed by atoms with E-state index in [0.717, 1.165) is 27.3 Å². The van der Waals surface area contributed by atoms with Crippen LogP contribution in [0.25, 0.3) is 10.8 Å². The number of anilines is 2. The maximum absolute atomic E-state index is 13.5. The fourth-order valence-corrected chi connectivity index (χ4v) is 5.79. The molecule has 5 aromatic rings. The Morgan fingerprint density at radius 1 is 0.683 bits per heavy atom. The largest absolute Gasteiger partial charge is 0.478 e. The number of carbonyl (C=O) groups is 3. The average Bonchev–Trinajstić information content (AvgIpc) is 2.98. The number of hydrogen-bond donors (Lipinski definition) is 3. The summed E-state index contributed by atoms with van der Waals surface area (Å²) >= 11 is 1.42. The lowest BCUT2D eigenvalue weighted by Crippen LogP contribution is -2.20. The molecule has 6 nitrogen and oxygen atoms in total. The predicted molar refractivity (Wildman–Crippen MR) is 165 cm³/mol. The molecule has 7 heteroatoms. The van der Waals surface area contributed by atoms with Crippen LogP contribution in [0.5, 0.6) is 0 Å². The second-order valence-corrected chi connectivity index (χ2v) is 10.8. The summed E-state index contributed by atoms with van der Waals surface area (Å²) in [5.41, 5.74) is 4.60. The standard InChI is InChI=1S/C34H28N2O4S/c1-21-9-6-10-22(2)30(21)36-33(38)31(24-11-4-3-5-12-24)41-26-19-17-25(18-20-26)35-32(37)27-15-7-13-23-14-8-16-28(29(23)27)34(39)40/h3-20,31H,1-2H3,(H,35,37)(H,36,38)(H,39,40). The molecule has 41 heavy (non-hydrogen) atoms. The van der Waals surface area contributed by atoms with Gasteiger partial charge in [0, 0.05) is 27.2 Å². The maximum atomic E-state index is 13.5. The van der Waals surface area contributed by atoms with Crippen LogP contribution in [0.1, 0.15) is 42.7 Å². The number of carboxylic acids is 1. The maximum Gasteiger partial charge on any atom is 0.336 e. The molecule has 0 spiro atoms. The van der Waals surface area contributed by atoms with E-state index in [1.165, 1.54) is 17.8 Å². The SMILES string of the molecule is Cc1cccc(C)c1NC(=O)C(Sc1ccc(NC(=O)c2cccc3cccc(C(=O)O)c23)cc1)c1ccccc1. The van der Waals surface area contributed by atoms with E-state index in [0.29, 0.717) is 16.5 Å². The number of benzene rings is 5. The molecule has 0 aliphatic heterocycles. The van der Waals surface area contributed by atoms with Gasteiger partial charge in [0.1, 0.15) is 5.25 Å². The molecule has 1 atom stereocenters. The van der Waals surface area contributed by atoms with Gasteiger partial charge in [0.25, 0.3) is 5.91 Å². The van der Waals surface area contributed by atoms with Crippen LogP contribution in [0.15, 0.2) is 114 Å². The van der Waals surface area contributed by atoms with Crippen LogP contribution < -0.4 is 10.6 Å². The summed E-state index contributed by atoms with van der Waals surface area (Å²) in [6.45, 7) is 3.95. The monoisotopic (exact) mass is 560 g/mol. The zero-order chi connectivity index (χ0) is 28.9. The zero-order valence-electron chi connectivity index (χ0n) is 22.5. The van der Waals surface area contributed by atoms with Gasteiger partial charge in [0.2, 0.25) is 5.91 Å².